The van der Waals surface area contributed by atoms with Crippen LogP contribution in [0.2, 0.25) is 0 Å². The van der Waals surface area contributed by atoms with Gasteiger partial charge in [0.2, 0.25) is 0 Å². The Morgan fingerprint density at radius 1 is 0.892 bits per heavy atom. The van der Waals surface area contributed by atoms with E-state index in [2.05, 4.69) is 10.6 Å². The fourth-order valence-electron chi connectivity index (χ4n) is 3.12. The van der Waals surface area contributed by atoms with Crippen LogP contribution in [0.1, 0.15) is 74.0 Å². The Morgan fingerprint density at radius 2 is 1.41 bits per heavy atom. The molecule has 1 aromatic heterocycles. The molecule has 1 heterocycles. The Balaban J connectivity index is 2.42. The van der Waals surface area contributed by atoms with Gasteiger partial charge in [-0.3, -0.25) is 4.79 Å². The Bertz CT molecular complexity index is 1180. The van der Waals surface area contributed by atoms with E-state index < -0.39 is 17.9 Å². The zero-order valence-electron chi connectivity index (χ0n) is 22.0. The number of carbonyl (C=O) groups excluding carboxylic acids is 4. The molecule has 2 rings (SSSR count). The van der Waals surface area contributed by atoms with Crippen LogP contribution in [0.3, 0.4) is 0 Å². The van der Waals surface area contributed by atoms with Crippen molar-refractivity contribution in [3.05, 3.63) is 45.3 Å². The summed E-state index contributed by atoms with van der Waals surface area (Å²) in [4.78, 5) is 51.9. The van der Waals surface area contributed by atoms with Crippen molar-refractivity contribution in [2.75, 3.05) is 31.8 Å². The number of nitrogens with one attached hydrogen (secondary N) is 2. The SMILES string of the molecule is COC(=O)c1c(NC(=S)Nc2cc(C(=O)OC(C)C)cc(C(=O)OC(C)C)c2)sc(C(=O)N(C)C)c1C. The molecule has 0 unspecified atom stereocenters. The largest absolute Gasteiger partial charge is 0.465 e. The first kappa shape index (κ1) is 29.7. The quantitative estimate of drug-likeness (QED) is 0.277. The number of rotatable bonds is 8. The van der Waals surface area contributed by atoms with Crippen LogP contribution in [-0.4, -0.2) is 67.2 Å². The highest BCUT2D eigenvalue weighted by atomic mass is 32.1. The number of ether oxygens (including phenoxy) is 3. The second-order valence-corrected chi connectivity index (χ2v) is 10.2. The fourth-order valence-corrected chi connectivity index (χ4v) is 4.63. The molecule has 0 fully saturated rings. The predicted molar refractivity (Wildman–Crippen MR) is 146 cm³/mol. The van der Waals surface area contributed by atoms with Gasteiger partial charge in [-0.15, -0.1) is 11.3 Å². The van der Waals surface area contributed by atoms with Crippen molar-refractivity contribution < 1.29 is 33.4 Å². The first-order valence-electron chi connectivity index (χ1n) is 11.3. The van der Waals surface area contributed by atoms with E-state index in [1.54, 1.807) is 48.7 Å². The molecule has 0 atom stereocenters. The summed E-state index contributed by atoms with van der Waals surface area (Å²) < 4.78 is 15.4. The van der Waals surface area contributed by atoms with Gasteiger partial charge in [0.1, 0.15) is 5.00 Å². The molecule has 2 N–H and O–H groups in total. The second-order valence-electron chi connectivity index (χ2n) is 8.74. The number of methoxy groups -OCH3 is 1. The number of benzene rings is 1. The highest BCUT2D eigenvalue weighted by molar-refractivity contribution is 7.80. The van der Waals surface area contributed by atoms with Crippen LogP contribution < -0.4 is 10.6 Å². The van der Waals surface area contributed by atoms with Crippen LogP contribution in [0.25, 0.3) is 0 Å². The van der Waals surface area contributed by atoms with Crippen molar-refractivity contribution in [1.82, 2.24) is 4.90 Å². The first-order chi connectivity index (χ1) is 17.2. The number of nitrogens with zero attached hydrogens (tertiary/aromatic N) is 1. The van der Waals surface area contributed by atoms with E-state index in [4.69, 9.17) is 26.4 Å². The second kappa shape index (κ2) is 12.6. The summed E-state index contributed by atoms with van der Waals surface area (Å²) in [7, 11) is 4.46. The lowest BCUT2D eigenvalue weighted by Crippen LogP contribution is -2.21. The van der Waals surface area contributed by atoms with E-state index in [0.29, 0.717) is 21.1 Å². The van der Waals surface area contributed by atoms with Crippen LogP contribution in [0.5, 0.6) is 0 Å². The van der Waals surface area contributed by atoms with Crippen LogP contribution in [0, 0.1) is 6.92 Å². The third kappa shape index (κ3) is 7.73. The van der Waals surface area contributed by atoms with E-state index in [1.165, 1.54) is 30.2 Å². The van der Waals surface area contributed by atoms with E-state index in [9.17, 15) is 19.2 Å². The molecule has 37 heavy (non-hydrogen) atoms. The molecule has 200 valence electrons. The minimum absolute atomic E-state index is 0.0489. The maximum absolute atomic E-state index is 12.6. The van der Waals surface area contributed by atoms with Gasteiger partial charge in [0.25, 0.3) is 5.91 Å². The lowest BCUT2D eigenvalue weighted by Gasteiger charge is -2.15. The summed E-state index contributed by atoms with van der Waals surface area (Å²) in [5.74, 6) is -2.15. The van der Waals surface area contributed by atoms with Crippen molar-refractivity contribution >= 4 is 63.2 Å². The lowest BCUT2D eigenvalue weighted by molar-refractivity contribution is 0.0376. The van der Waals surface area contributed by atoms with Gasteiger partial charge in [-0.05, 0) is 70.6 Å². The molecule has 0 aliphatic carbocycles. The van der Waals surface area contributed by atoms with Crippen LogP contribution >= 0.6 is 23.6 Å². The standard InChI is InChI=1S/C25H31N3O7S2/c1-12(2)34-22(30)15-9-16(23(31)35-13(3)4)11-17(10-15)26-25(36)27-20-18(24(32)33-8)14(5)19(37-20)21(29)28(6)7/h9-13H,1-8H3,(H2,26,27,36). The van der Waals surface area contributed by atoms with Gasteiger partial charge in [0.05, 0.1) is 40.9 Å². The van der Waals surface area contributed by atoms with Crippen molar-refractivity contribution in [2.24, 2.45) is 0 Å². The normalized spacial score (nSPS) is 10.6. The van der Waals surface area contributed by atoms with E-state index in [1.807, 2.05) is 0 Å². The molecule has 0 aliphatic heterocycles. The zero-order chi connectivity index (χ0) is 28.0. The average Bonchev–Trinajstić information content (AvgIpc) is 3.11. The van der Waals surface area contributed by atoms with Gasteiger partial charge in [-0.25, -0.2) is 14.4 Å². The smallest absolute Gasteiger partial charge is 0.341 e. The minimum atomic E-state index is -0.631. The van der Waals surface area contributed by atoms with Crippen LogP contribution in [-0.2, 0) is 14.2 Å². The van der Waals surface area contributed by atoms with Crippen molar-refractivity contribution in [3.63, 3.8) is 0 Å². The molecule has 0 spiro atoms. The summed E-state index contributed by atoms with van der Waals surface area (Å²) in [5, 5.41) is 6.20. The summed E-state index contributed by atoms with van der Waals surface area (Å²) in [5.41, 5.74) is 1.19. The number of carbonyl (C=O) groups is 4. The number of hydrogen-bond acceptors (Lipinski definition) is 9. The van der Waals surface area contributed by atoms with Crippen molar-refractivity contribution in [2.45, 2.75) is 46.8 Å². The van der Waals surface area contributed by atoms with Gasteiger partial charge in [-0.2, -0.15) is 0 Å². The fraction of sp³-hybridized carbons (Fsp3) is 0.400. The summed E-state index contributed by atoms with van der Waals surface area (Å²) in [6.07, 6.45) is -0.730. The minimum Gasteiger partial charge on any atom is -0.465 e. The average molecular weight is 550 g/mol. The van der Waals surface area contributed by atoms with E-state index >= 15 is 0 Å². The molecule has 0 radical (unpaired) electrons. The molecule has 12 heteroatoms. The van der Waals surface area contributed by atoms with Crippen LogP contribution in [0.4, 0.5) is 10.7 Å². The third-order valence-electron chi connectivity index (χ3n) is 4.71. The molecule has 1 amide bonds. The molecule has 0 bridgehead atoms. The Labute approximate surface area is 225 Å². The van der Waals surface area contributed by atoms with Gasteiger partial charge in [-0.1, -0.05) is 0 Å². The summed E-state index contributed by atoms with van der Waals surface area (Å²) >= 11 is 6.49. The number of hydrogen-bond donors (Lipinski definition) is 2. The van der Waals surface area contributed by atoms with Gasteiger partial charge < -0.3 is 29.7 Å². The molecule has 0 saturated carbocycles. The van der Waals surface area contributed by atoms with Gasteiger partial charge in [0.15, 0.2) is 5.11 Å². The topological polar surface area (TPSA) is 123 Å². The molecule has 1 aromatic carbocycles. The number of amides is 1. The molecular weight excluding hydrogens is 518 g/mol. The number of thiophene rings is 1. The highest BCUT2D eigenvalue weighted by Gasteiger charge is 2.27. The third-order valence-corrected chi connectivity index (χ3v) is 6.11. The highest BCUT2D eigenvalue weighted by Crippen LogP contribution is 2.34. The van der Waals surface area contributed by atoms with Crippen molar-refractivity contribution in [3.8, 4) is 0 Å². The molecule has 2 aromatic rings. The van der Waals surface area contributed by atoms with Crippen LogP contribution in [0.15, 0.2) is 18.2 Å². The number of esters is 3. The maximum Gasteiger partial charge on any atom is 0.341 e. The Morgan fingerprint density at radius 3 is 1.84 bits per heavy atom. The number of thiocarbonyl (C=S) groups is 1. The lowest BCUT2D eigenvalue weighted by atomic mass is 10.1. The van der Waals surface area contributed by atoms with Gasteiger partial charge >= 0.3 is 17.9 Å². The summed E-state index contributed by atoms with van der Waals surface area (Å²) in [6, 6.07) is 4.34. The monoisotopic (exact) mass is 549 g/mol. The molecule has 10 nitrogen and oxygen atoms in total. The molecular formula is C25H31N3O7S2. The van der Waals surface area contributed by atoms with Crippen molar-refractivity contribution in [1.29, 1.82) is 0 Å². The Kier molecular flexibility index (Phi) is 10.2. The number of anilines is 2. The molecule has 0 aliphatic rings. The first-order valence-corrected chi connectivity index (χ1v) is 12.6. The summed E-state index contributed by atoms with van der Waals surface area (Å²) in [6.45, 7) is 8.50. The zero-order valence-corrected chi connectivity index (χ0v) is 23.6. The van der Waals surface area contributed by atoms with E-state index in [-0.39, 0.29) is 39.9 Å². The molecule has 0 saturated heterocycles. The predicted octanol–water partition coefficient (Wildman–Crippen LogP) is 4.48. The van der Waals surface area contributed by atoms with E-state index in [0.717, 1.165) is 11.3 Å². The maximum atomic E-state index is 12.6. The Hall–Kier alpha value is -3.51. The van der Waals surface area contributed by atoms with Gasteiger partial charge in [0, 0.05) is 19.8 Å².